The molecule has 0 aromatic carbocycles. The molecule has 8 nitrogen and oxygen atoms in total. The van der Waals surface area contributed by atoms with Crippen molar-refractivity contribution >= 4 is 22.4 Å². The fourth-order valence-corrected chi connectivity index (χ4v) is 3.73. The fourth-order valence-electron chi connectivity index (χ4n) is 3.73. The van der Waals surface area contributed by atoms with Gasteiger partial charge in [0.05, 0.1) is 29.9 Å². The SMILES string of the molecule is CCOc1cc(-c2ccc(N3CC[C@@H](N)C3)nc2)c2c3cn[nH]c3nn2c1. The van der Waals surface area contributed by atoms with Crippen molar-refractivity contribution in [3.05, 3.63) is 36.8 Å². The van der Waals surface area contributed by atoms with Crippen LogP contribution >= 0.6 is 0 Å². The van der Waals surface area contributed by atoms with E-state index in [0.29, 0.717) is 6.61 Å². The van der Waals surface area contributed by atoms with E-state index in [2.05, 4.69) is 37.3 Å². The number of nitrogens with zero attached hydrogens (tertiary/aromatic N) is 5. The van der Waals surface area contributed by atoms with Crippen LogP contribution in [0, 0.1) is 0 Å². The third-order valence-corrected chi connectivity index (χ3v) is 5.02. The summed E-state index contributed by atoms with van der Waals surface area (Å²) in [5, 5.41) is 12.6. The lowest BCUT2D eigenvalue weighted by Crippen LogP contribution is -2.26. The van der Waals surface area contributed by atoms with E-state index in [1.54, 1.807) is 6.20 Å². The smallest absolute Gasteiger partial charge is 0.178 e. The Morgan fingerprint density at radius 2 is 2.26 bits per heavy atom. The number of nitrogens with one attached hydrogen (secondary N) is 1. The zero-order chi connectivity index (χ0) is 18.4. The van der Waals surface area contributed by atoms with Gasteiger partial charge in [0.25, 0.3) is 0 Å². The van der Waals surface area contributed by atoms with Crippen LogP contribution in [0.5, 0.6) is 5.75 Å². The van der Waals surface area contributed by atoms with Crippen LogP contribution in [0.3, 0.4) is 0 Å². The van der Waals surface area contributed by atoms with Crippen molar-refractivity contribution in [2.75, 3.05) is 24.6 Å². The van der Waals surface area contributed by atoms with Gasteiger partial charge in [-0.2, -0.15) is 5.10 Å². The van der Waals surface area contributed by atoms with Crippen molar-refractivity contribution in [1.29, 1.82) is 0 Å². The first-order valence-corrected chi connectivity index (χ1v) is 9.18. The van der Waals surface area contributed by atoms with Crippen molar-refractivity contribution in [2.24, 2.45) is 5.73 Å². The van der Waals surface area contributed by atoms with Crippen molar-refractivity contribution in [3.8, 4) is 16.9 Å². The van der Waals surface area contributed by atoms with Crippen LogP contribution < -0.4 is 15.4 Å². The largest absolute Gasteiger partial charge is 0.492 e. The molecule has 5 rings (SSSR count). The van der Waals surface area contributed by atoms with Crippen LogP contribution in [0.2, 0.25) is 0 Å². The van der Waals surface area contributed by atoms with E-state index < -0.39 is 0 Å². The number of aromatic nitrogens is 5. The molecule has 0 bridgehead atoms. The first-order valence-electron chi connectivity index (χ1n) is 9.18. The zero-order valence-electron chi connectivity index (χ0n) is 15.1. The Labute approximate surface area is 155 Å². The lowest BCUT2D eigenvalue weighted by atomic mass is 10.1. The molecule has 0 unspecified atom stereocenters. The molecule has 0 aliphatic carbocycles. The van der Waals surface area contributed by atoms with E-state index in [-0.39, 0.29) is 6.04 Å². The summed E-state index contributed by atoms with van der Waals surface area (Å²) in [4.78, 5) is 6.91. The number of pyridine rings is 2. The monoisotopic (exact) mass is 363 g/mol. The van der Waals surface area contributed by atoms with Gasteiger partial charge in [0.15, 0.2) is 5.65 Å². The van der Waals surface area contributed by atoms with Crippen LogP contribution in [0.15, 0.2) is 36.8 Å². The summed E-state index contributed by atoms with van der Waals surface area (Å²) in [5.41, 5.74) is 9.78. The Morgan fingerprint density at radius 3 is 3.00 bits per heavy atom. The highest BCUT2D eigenvalue weighted by Gasteiger charge is 2.20. The Kier molecular flexibility index (Phi) is 3.71. The van der Waals surface area contributed by atoms with Crippen LogP contribution in [-0.4, -0.2) is 50.5 Å². The molecule has 1 aliphatic heterocycles. The molecular weight excluding hydrogens is 342 g/mol. The highest BCUT2D eigenvalue weighted by Crippen LogP contribution is 2.33. The van der Waals surface area contributed by atoms with Crippen LogP contribution in [-0.2, 0) is 0 Å². The predicted octanol–water partition coefficient (Wildman–Crippen LogP) is 2.21. The quantitative estimate of drug-likeness (QED) is 0.577. The summed E-state index contributed by atoms with van der Waals surface area (Å²) in [6, 6.07) is 6.42. The predicted molar refractivity (Wildman–Crippen MR) is 104 cm³/mol. The molecule has 4 aromatic heterocycles. The number of H-pyrrole nitrogens is 1. The second-order valence-corrected chi connectivity index (χ2v) is 6.85. The molecule has 0 saturated carbocycles. The van der Waals surface area contributed by atoms with E-state index >= 15 is 0 Å². The molecule has 0 amide bonds. The molecular formula is C19H21N7O. The van der Waals surface area contributed by atoms with Crippen molar-refractivity contribution in [3.63, 3.8) is 0 Å². The summed E-state index contributed by atoms with van der Waals surface area (Å²) in [5.74, 6) is 1.73. The standard InChI is InChI=1S/C19H21N7O/c1-2-27-14-7-15(18-16-9-22-23-19(16)24-26(18)11-14)12-3-4-17(21-8-12)25-6-5-13(20)10-25/h3-4,7-9,11,13H,2,5-6,10,20H2,1H3,(H,23,24)/t13-/m1/s1. The molecule has 3 N–H and O–H groups in total. The first kappa shape index (κ1) is 16.1. The Bertz CT molecular complexity index is 1100. The van der Waals surface area contributed by atoms with E-state index in [4.69, 9.17) is 10.5 Å². The molecule has 27 heavy (non-hydrogen) atoms. The van der Waals surface area contributed by atoms with Gasteiger partial charge in [0, 0.05) is 36.5 Å². The van der Waals surface area contributed by atoms with Gasteiger partial charge in [-0.05, 0) is 31.5 Å². The summed E-state index contributed by atoms with van der Waals surface area (Å²) in [6.07, 6.45) is 6.61. The molecule has 1 fully saturated rings. The van der Waals surface area contributed by atoms with Gasteiger partial charge in [-0.1, -0.05) is 0 Å². The highest BCUT2D eigenvalue weighted by molar-refractivity contribution is 6.00. The Hall–Kier alpha value is -3.13. The number of aromatic amines is 1. The molecule has 0 spiro atoms. The minimum atomic E-state index is 0.232. The topological polar surface area (TPSA) is 97.4 Å². The molecule has 8 heteroatoms. The number of fused-ring (bicyclic) bond motifs is 3. The maximum atomic E-state index is 6.02. The number of hydrogen-bond donors (Lipinski definition) is 2. The summed E-state index contributed by atoms with van der Waals surface area (Å²) in [7, 11) is 0. The van der Waals surface area contributed by atoms with Gasteiger partial charge < -0.3 is 15.4 Å². The van der Waals surface area contributed by atoms with Crippen molar-refractivity contribution in [2.45, 2.75) is 19.4 Å². The van der Waals surface area contributed by atoms with Crippen LogP contribution in [0.1, 0.15) is 13.3 Å². The van der Waals surface area contributed by atoms with Gasteiger partial charge in [-0.3, -0.25) is 5.10 Å². The molecule has 1 atom stereocenters. The average molecular weight is 363 g/mol. The zero-order valence-corrected chi connectivity index (χ0v) is 15.1. The van der Waals surface area contributed by atoms with E-state index in [1.165, 1.54) is 0 Å². The third-order valence-electron chi connectivity index (χ3n) is 5.02. The van der Waals surface area contributed by atoms with E-state index in [1.807, 2.05) is 29.9 Å². The number of rotatable bonds is 4. The summed E-state index contributed by atoms with van der Waals surface area (Å²) < 4.78 is 7.58. The lowest BCUT2D eigenvalue weighted by Gasteiger charge is -2.17. The number of nitrogens with two attached hydrogens (primary N) is 1. The Morgan fingerprint density at radius 1 is 1.33 bits per heavy atom. The van der Waals surface area contributed by atoms with Gasteiger partial charge in [-0.25, -0.2) is 9.50 Å². The Balaban J connectivity index is 1.62. The van der Waals surface area contributed by atoms with Gasteiger partial charge in [0.2, 0.25) is 0 Å². The number of anilines is 1. The third kappa shape index (κ3) is 2.69. The van der Waals surface area contributed by atoms with Gasteiger partial charge >= 0.3 is 0 Å². The molecule has 1 saturated heterocycles. The minimum Gasteiger partial charge on any atom is -0.492 e. The second kappa shape index (κ2) is 6.24. The molecule has 138 valence electrons. The van der Waals surface area contributed by atoms with Gasteiger partial charge in [-0.15, -0.1) is 5.10 Å². The minimum absolute atomic E-state index is 0.232. The maximum absolute atomic E-state index is 6.02. The fraction of sp³-hybridized carbons (Fsp3) is 0.316. The molecule has 1 aliphatic rings. The first-order chi connectivity index (χ1) is 13.2. The molecule has 5 heterocycles. The van der Waals surface area contributed by atoms with Crippen molar-refractivity contribution < 1.29 is 4.74 Å². The van der Waals surface area contributed by atoms with Crippen molar-refractivity contribution in [1.82, 2.24) is 24.8 Å². The van der Waals surface area contributed by atoms with E-state index in [9.17, 15) is 0 Å². The number of ether oxygens (including phenoxy) is 1. The van der Waals surface area contributed by atoms with Crippen LogP contribution in [0.25, 0.3) is 27.7 Å². The summed E-state index contributed by atoms with van der Waals surface area (Å²) in [6.45, 7) is 4.38. The number of hydrogen-bond acceptors (Lipinski definition) is 6. The molecule has 4 aromatic rings. The highest BCUT2D eigenvalue weighted by atomic mass is 16.5. The molecule has 0 radical (unpaired) electrons. The summed E-state index contributed by atoms with van der Waals surface area (Å²) >= 11 is 0. The maximum Gasteiger partial charge on any atom is 0.178 e. The average Bonchev–Trinajstić information content (AvgIpc) is 3.37. The van der Waals surface area contributed by atoms with Crippen LogP contribution in [0.4, 0.5) is 5.82 Å². The van der Waals surface area contributed by atoms with E-state index in [0.717, 1.165) is 58.8 Å². The van der Waals surface area contributed by atoms with Gasteiger partial charge in [0.1, 0.15) is 11.6 Å². The lowest BCUT2D eigenvalue weighted by molar-refractivity contribution is 0.338. The second-order valence-electron chi connectivity index (χ2n) is 6.85. The normalized spacial score (nSPS) is 17.3.